The summed E-state index contributed by atoms with van der Waals surface area (Å²) in [5, 5.41) is 24.7. The van der Waals surface area contributed by atoms with Crippen LogP contribution in [0.25, 0.3) is 11.4 Å². The first kappa shape index (κ1) is 20.9. The van der Waals surface area contributed by atoms with Crippen molar-refractivity contribution >= 4 is 11.6 Å². The van der Waals surface area contributed by atoms with Crippen LogP contribution in [0.15, 0.2) is 66.9 Å². The maximum Gasteiger partial charge on any atom is 0.159 e. The molecule has 1 fully saturated rings. The van der Waals surface area contributed by atoms with Gasteiger partial charge in [0.05, 0.1) is 6.10 Å². The Morgan fingerprint density at radius 1 is 1.00 bits per heavy atom. The molecule has 5 nitrogen and oxygen atoms in total. The molecule has 1 saturated carbocycles. The van der Waals surface area contributed by atoms with Gasteiger partial charge in [-0.1, -0.05) is 54.1 Å². The number of aliphatic hydroxyl groups is 2. The third kappa shape index (κ3) is 4.87. The summed E-state index contributed by atoms with van der Waals surface area (Å²) in [4.78, 5) is 9.15. The summed E-state index contributed by atoms with van der Waals surface area (Å²) in [5.74, 6) is 0.594. The van der Waals surface area contributed by atoms with Crippen molar-refractivity contribution in [3.63, 3.8) is 0 Å². The van der Waals surface area contributed by atoms with E-state index in [1.807, 2.05) is 60.7 Å². The Labute approximate surface area is 181 Å². The van der Waals surface area contributed by atoms with Gasteiger partial charge in [-0.3, -0.25) is 0 Å². The molecule has 3 aromatic rings. The molecule has 4 rings (SSSR count). The molecule has 30 heavy (non-hydrogen) atoms. The van der Waals surface area contributed by atoms with Gasteiger partial charge in [0.2, 0.25) is 0 Å². The molecule has 0 aliphatic heterocycles. The highest BCUT2D eigenvalue weighted by molar-refractivity contribution is 6.30. The van der Waals surface area contributed by atoms with Gasteiger partial charge in [-0.25, -0.2) is 9.97 Å². The fourth-order valence-electron chi connectivity index (χ4n) is 4.31. The van der Waals surface area contributed by atoms with Gasteiger partial charge < -0.3 is 15.5 Å². The summed E-state index contributed by atoms with van der Waals surface area (Å²) in [5.41, 5.74) is 3.02. The number of nitrogens with zero attached hydrogens (tertiary/aromatic N) is 2. The van der Waals surface area contributed by atoms with E-state index in [0.717, 1.165) is 16.8 Å². The number of hydrogen-bond acceptors (Lipinski definition) is 5. The van der Waals surface area contributed by atoms with E-state index in [-0.39, 0.29) is 24.5 Å². The van der Waals surface area contributed by atoms with E-state index < -0.39 is 6.10 Å². The Morgan fingerprint density at radius 2 is 1.77 bits per heavy atom. The lowest BCUT2D eigenvalue weighted by Crippen LogP contribution is -2.36. The monoisotopic (exact) mass is 423 g/mol. The molecule has 0 saturated heterocycles. The highest BCUT2D eigenvalue weighted by atomic mass is 35.5. The molecule has 0 amide bonds. The molecule has 6 heteroatoms. The molecule has 0 radical (unpaired) electrons. The van der Waals surface area contributed by atoms with Crippen LogP contribution in [0.1, 0.15) is 17.7 Å². The normalized spacial score (nSPS) is 23.6. The second-order valence-corrected chi connectivity index (χ2v) is 8.31. The van der Waals surface area contributed by atoms with Crippen molar-refractivity contribution in [2.24, 2.45) is 11.8 Å². The first-order chi connectivity index (χ1) is 14.6. The summed E-state index contributed by atoms with van der Waals surface area (Å²) in [7, 11) is 0. The van der Waals surface area contributed by atoms with E-state index in [1.165, 1.54) is 0 Å². The molecule has 3 N–H and O–H groups in total. The van der Waals surface area contributed by atoms with Crippen molar-refractivity contribution in [3.05, 3.63) is 83.1 Å². The molecule has 0 unspecified atom stereocenters. The van der Waals surface area contributed by atoms with Crippen molar-refractivity contribution in [2.45, 2.75) is 31.5 Å². The summed E-state index contributed by atoms with van der Waals surface area (Å²) in [6, 6.07) is 19.6. The van der Waals surface area contributed by atoms with Gasteiger partial charge in [-0.05, 0) is 42.5 Å². The predicted molar refractivity (Wildman–Crippen MR) is 118 cm³/mol. The third-order valence-electron chi connectivity index (χ3n) is 5.94. The molecule has 0 bridgehead atoms. The van der Waals surface area contributed by atoms with Gasteiger partial charge in [0, 0.05) is 47.6 Å². The molecule has 1 aromatic heterocycles. The average Bonchev–Trinajstić information content (AvgIpc) is 3.08. The summed E-state index contributed by atoms with van der Waals surface area (Å²) in [6.07, 6.45) is 2.53. The van der Waals surface area contributed by atoms with Crippen LogP contribution in [0.4, 0.5) is 0 Å². The molecule has 1 aliphatic carbocycles. The second kappa shape index (κ2) is 9.67. The summed E-state index contributed by atoms with van der Waals surface area (Å²) < 4.78 is 0. The van der Waals surface area contributed by atoms with Crippen LogP contribution in [-0.2, 0) is 13.0 Å². The molecule has 1 heterocycles. The minimum Gasteiger partial charge on any atom is -0.396 e. The fraction of sp³-hybridized carbons (Fsp3) is 0.333. The number of nitrogens with one attached hydrogen (secondary N) is 1. The zero-order valence-corrected chi connectivity index (χ0v) is 17.4. The van der Waals surface area contributed by atoms with E-state index >= 15 is 0 Å². The smallest absolute Gasteiger partial charge is 0.159 e. The molecule has 1 aliphatic rings. The molecule has 156 valence electrons. The van der Waals surface area contributed by atoms with Crippen LogP contribution in [0.3, 0.4) is 0 Å². The average molecular weight is 424 g/mol. The zero-order valence-electron chi connectivity index (χ0n) is 16.7. The van der Waals surface area contributed by atoms with Crippen molar-refractivity contribution in [3.8, 4) is 11.4 Å². The number of halogens is 1. The second-order valence-electron chi connectivity index (χ2n) is 7.87. The number of hydrogen-bond donors (Lipinski definition) is 3. The van der Waals surface area contributed by atoms with Gasteiger partial charge in [-0.2, -0.15) is 0 Å². The minimum absolute atomic E-state index is 0.0401. The maximum atomic E-state index is 10.5. The van der Waals surface area contributed by atoms with Crippen LogP contribution in [-0.4, -0.2) is 38.9 Å². The molecule has 2 aromatic carbocycles. The van der Waals surface area contributed by atoms with Crippen molar-refractivity contribution < 1.29 is 10.2 Å². The quantitative estimate of drug-likeness (QED) is 0.542. The number of aromatic nitrogens is 2. The SMILES string of the molecule is OC[C@@H]1[C@@H](Cc2ccnc(-c3ccccc3)n2)[C@H](NCc2ccc(Cl)cc2)C[C@H]1O. The zero-order chi connectivity index (χ0) is 20.9. The lowest BCUT2D eigenvalue weighted by atomic mass is 9.88. The minimum atomic E-state index is -0.529. The maximum absolute atomic E-state index is 10.5. The van der Waals surface area contributed by atoms with Crippen molar-refractivity contribution in [1.82, 2.24) is 15.3 Å². The number of rotatable bonds is 7. The standard InChI is InChI=1S/C24H26ClN3O2/c25-18-8-6-16(7-9-18)14-27-22-13-23(30)21(15-29)20(22)12-19-10-11-26-24(28-19)17-4-2-1-3-5-17/h1-11,20-23,27,29-30H,12-15H2/t20-,21-,22-,23-/m1/s1. The van der Waals surface area contributed by atoms with Crippen molar-refractivity contribution in [2.75, 3.05) is 6.61 Å². The highest BCUT2D eigenvalue weighted by Gasteiger charge is 2.42. The Hall–Kier alpha value is -2.31. The lowest BCUT2D eigenvalue weighted by molar-refractivity contribution is 0.0716. The highest BCUT2D eigenvalue weighted by Crippen LogP contribution is 2.35. The van der Waals surface area contributed by atoms with Gasteiger partial charge >= 0.3 is 0 Å². The van der Waals surface area contributed by atoms with Crippen LogP contribution in [0.5, 0.6) is 0 Å². The van der Waals surface area contributed by atoms with Crippen LogP contribution >= 0.6 is 11.6 Å². The molecular formula is C24H26ClN3O2. The van der Waals surface area contributed by atoms with Gasteiger partial charge in [0.15, 0.2) is 5.82 Å². The van der Waals surface area contributed by atoms with Gasteiger partial charge in [0.1, 0.15) is 0 Å². The Balaban J connectivity index is 1.50. The first-order valence-corrected chi connectivity index (χ1v) is 10.7. The molecule has 4 atom stereocenters. The fourth-order valence-corrected chi connectivity index (χ4v) is 4.43. The van der Waals surface area contributed by atoms with E-state index in [9.17, 15) is 10.2 Å². The summed E-state index contributed by atoms with van der Waals surface area (Å²) >= 11 is 5.97. The first-order valence-electron chi connectivity index (χ1n) is 10.3. The predicted octanol–water partition coefficient (Wildman–Crippen LogP) is 3.49. The number of aliphatic hydroxyl groups excluding tert-OH is 2. The van der Waals surface area contributed by atoms with E-state index in [1.54, 1.807) is 6.20 Å². The molecule has 0 spiro atoms. The Kier molecular flexibility index (Phi) is 6.75. The van der Waals surface area contributed by atoms with Gasteiger partial charge in [-0.15, -0.1) is 0 Å². The molecular weight excluding hydrogens is 398 g/mol. The van der Waals surface area contributed by atoms with E-state index in [4.69, 9.17) is 16.6 Å². The number of benzene rings is 2. The lowest BCUT2D eigenvalue weighted by Gasteiger charge is -2.25. The van der Waals surface area contributed by atoms with Crippen molar-refractivity contribution in [1.29, 1.82) is 0 Å². The van der Waals surface area contributed by atoms with Crippen LogP contribution in [0, 0.1) is 11.8 Å². The van der Waals surface area contributed by atoms with Gasteiger partial charge in [0.25, 0.3) is 0 Å². The largest absolute Gasteiger partial charge is 0.396 e. The Morgan fingerprint density at radius 3 is 2.50 bits per heavy atom. The van der Waals surface area contributed by atoms with E-state index in [0.29, 0.717) is 30.2 Å². The Bertz CT molecular complexity index is 952. The summed E-state index contributed by atoms with van der Waals surface area (Å²) in [6.45, 7) is 0.643. The van der Waals surface area contributed by atoms with E-state index in [2.05, 4.69) is 10.3 Å². The topological polar surface area (TPSA) is 78.3 Å². The van der Waals surface area contributed by atoms with Crippen LogP contribution in [0.2, 0.25) is 5.02 Å². The van der Waals surface area contributed by atoms with Crippen LogP contribution < -0.4 is 5.32 Å². The third-order valence-corrected chi connectivity index (χ3v) is 6.19.